The molecule has 1 atom stereocenters. The number of halogens is 1. The van der Waals surface area contributed by atoms with E-state index in [1.807, 2.05) is 12.3 Å². The van der Waals surface area contributed by atoms with Crippen LogP contribution in [0.1, 0.15) is 12.8 Å². The smallest absolute Gasteiger partial charge is 0.407 e. The first-order valence-corrected chi connectivity index (χ1v) is 7.46. The second kappa shape index (κ2) is 5.43. The monoisotopic (exact) mass is 387 g/mol. The SMILES string of the molecule is O=C(O)N1CCCC1CNc1ccn2ncc(I)c2n1. The third-order valence-electron chi connectivity index (χ3n) is 3.47. The zero-order chi connectivity index (χ0) is 14.1. The average molecular weight is 387 g/mol. The highest BCUT2D eigenvalue weighted by Gasteiger charge is 2.28. The van der Waals surface area contributed by atoms with Gasteiger partial charge in [-0.25, -0.2) is 14.3 Å². The molecule has 7 nitrogen and oxygen atoms in total. The van der Waals surface area contributed by atoms with Crippen LogP contribution < -0.4 is 5.32 Å². The second-order valence-electron chi connectivity index (χ2n) is 4.73. The van der Waals surface area contributed by atoms with Gasteiger partial charge in [-0.1, -0.05) is 0 Å². The Morgan fingerprint density at radius 1 is 1.60 bits per heavy atom. The minimum atomic E-state index is -0.844. The van der Waals surface area contributed by atoms with Crippen molar-refractivity contribution in [1.82, 2.24) is 19.5 Å². The maximum Gasteiger partial charge on any atom is 0.407 e. The maximum atomic E-state index is 11.1. The van der Waals surface area contributed by atoms with Gasteiger partial charge in [-0.15, -0.1) is 0 Å². The van der Waals surface area contributed by atoms with E-state index in [1.165, 1.54) is 4.90 Å². The number of carbonyl (C=O) groups is 1. The number of fused-ring (bicyclic) bond motifs is 1. The molecule has 3 rings (SSSR count). The highest BCUT2D eigenvalue weighted by atomic mass is 127. The van der Waals surface area contributed by atoms with Crippen LogP contribution in [0, 0.1) is 3.57 Å². The van der Waals surface area contributed by atoms with E-state index < -0.39 is 6.09 Å². The summed E-state index contributed by atoms with van der Waals surface area (Å²) in [7, 11) is 0. The van der Waals surface area contributed by atoms with E-state index in [1.54, 1.807) is 10.7 Å². The van der Waals surface area contributed by atoms with E-state index >= 15 is 0 Å². The molecular formula is C12H14IN5O2. The number of rotatable bonds is 3. The number of hydrogen-bond acceptors (Lipinski definition) is 4. The summed E-state index contributed by atoms with van der Waals surface area (Å²) in [5, 5.41) is 16.5. The van der Waals surface area contributed by atoms with E-state index in [9.17, 15) is 4.79 Å². The summed E-state index contributed by atoms with van der Waals surface area (Å²) >= 11 is 2.19. The fourth-order valence-corrected chi connectivity index (χ4v) is 2.95. The second-order valence-corrected chi connectivity index (χ2v) is 5.89. The molecule has 0 aliphatic carbocycles. The van der Waals surface area contributed by atoms with Crippen molar-refractivity contribution in [3.63, 3.8) is 0 Å². The number of nitrogens with zero attached hydrogens (tertiary/aromatic N) is 4. The first kappa shape index (κ1) is 13.4. The van der Waals surface area contributed by atoms with Crippen molar-refractivity contribution in [2.45, 2.75) is 18.9 Å². The molecule has 20 heavy (non-hydrogen) atoms. The van der Waals surface area contributed by atoms with Crippen LogP contribution >= 0.6 is 22.6 Å². The Kier molecular flexibility index (Phi) is 3.64. The van der Waals surface area contributed by atoms with E-state index in [0.717, 1.165) is 27.9 Å². The van der Waals surface area contributed by atoms with E-state index in [-0.39, 0.29) is 6.04 Å². The van der Waals surface area contributed by atoms with Gasteiger partial charge in [-0.2, -0.15) is 5.10 Å². The highest BCUT2D eigenvalue weighted by molar-refractivity contribution is 14.1. The molecule has 1 unspecified atom stereocenters. The number of hydrogen-bond donors (Lipinski definition) is 2. The van der Waals surface area contributed by atoms with Crippen molar-refractivity contribution in [2.24, 2.45) is 0 Å². The third kappa shape index (κ3) is 2.51. The van der Waals surface area contributed by atoms with Crippen LogP contribution in [0.4, 0.5) is 10.6 Å². The van der Waals surface area contributed by atoms with Crippen molar-refractivity contribution in [2.75, 3.05) is 18.4 Å². The summed E-state index contributed by atoms with van der Waals surface area (Å²) in [6.07, 6.45) is 4.58. The lowest BCUT2D eigenvalue weighted by Crippen LogP contribution is -2.38. The molecule has 0 saturated carbocycles. The summed E-state index contributed by atoms with van der Waals surface area (Å²) in [5.74, 6) is 0.744. The molecule has 8 heteroatoms. The molecule has 1 saturated heterocycles. The van der Waals surface area contributed by atoms with Crippen LogP contribution in [-0.4, -0.2) is 49.8 Å². The van der Waals surface area contributed by atoms with Crippen LogP contribution in [0.2, 0.25) is 0 Å². The van der Waals surface area contributed by atoms with Crippen LogP contribution in [-0.2, 0) is 0 Å². The zero-order valence-corrected chi connectivity index (χ0v) is 12.8. The maximum absolute atomic E-state index is 11.1. The quantitative estimate of drug-likeness (QED) is 0.787. The Bertz CT molecular complexity index is 644. The summed E-state index contributed by atoms with van der Waals surface area (Å²) in [5.41, 5.74) is 0.803. The lowest BCUT2D eigenvalue weighted by Gasteiger charge is -2.21. The predicted octanol–water partition coefficient (Wildman–Crippen LogP) is 1.89. The highest BCUT2D eigenvalue weighted by Crippen LogP contribution is 2.18. The van der Waals surface area contributed by atoms with Gasteiger partial charge < -0.3 is 15.3 Å². The number of amides is 1. The predicted molar refractivity (Wildman–Crippen MR) is 81.9 cm³/mol. The molecule has 0 bridgehead atoms. The Balaban J connectivity index is 1.70. The number of carboxylic acid groups (broad SMARTS) is 1. The van der Waals surface area contributed by atoms with Crippen molar-refractivity contribution < 1.29 is 9.90 Å². The minimum Gasteiger partial charge on any atom is -0.465 e. The van der Waals surface area contributed by atoms with Gasteiger partial charge in [0.25, 0.3) is 0 Å². The molecule has 0 radical (unpaired) electrons. The molecule has 1 amide bonds. The molecular weight excluding hydrogens is 373 g/mol. The van der Waals surface area contributed by atoms with Gasteiger partial charge in [-0.05, 0) is 41.5 Å². The van der Waals surface area contributed by atoms with Crippen LogP contribution in [0.3, 0.4) is 0 Å². The lowest BCUT2D eigenvalue weighted by molar-refractivity contribution is 0.142. The fourth-order valence-electron chi connectivity index (χ4n) is 2.46. The third-order valence-corrected chi connectivity index (χ3v) is 4.23. The summed E-state index contributed by atoms with van der Waals surface area (Å²) < 4.78 is 2.70. The Morgan fingerprint density at radius 2 is 2.45 bits per heavy atom. The van der Waals surface area contributed by atoms with Crippen molar-refractivity contribution in [1.29, 1.82) is 0 Å². The molecule has 1 aliphatic rings. The summed E-state index contributed by atoms with van der Waals surface area (Å²) in [4.78, 5) is 17.1. The molecule has 0 aromatic carbocycles. The molecule has 2 aromatic rings. The van der Waals surface area contributed by atoms with Crippen LogP contribution in [0.25, 0.3) is 5.65 Å². The van der Waals surface area contributed by atoms with Gasteiger partial charge in [0.2, 0.25) is 0 Å². The molecule has 0 spiro atoms. The molecule has 3 heterocycles. The number of nitrogens with one attached hydrogen (secondary N) is 1. The summed E-state index contributed by atoms with van der Waals surface area (Å²) in [6.45, 7) is 1.20. The number of aromatic nitrogens is 3. The topological polar surface area (TPSA) is 82.8 Å². The largest absolute Gasteiger partial charge is 0.465 e. The van der Waals surface area contributed by atoms with Gasteiger partial charge in [0.1, 0.15) is 5.82 Å². The first-order valence-electron chi connectivity index (χ1n) is 6.38. The van der Waals surface area contributed by atoms with Crippen molar-refractivity contribution >= 4 is 40.1 Å². The number of anilines is 1. The van der Waals surface area contributed by atoms with Crippen molar-refractivity contribution in [3.8, 4) is 0 Å². The van der Waals surface area contributed by atoms with E-state index in [0.29, 0.717) is 13.1 Å². The normalized spacial score (nSPS) is 18.6. The van der Waals surface area contributed by atoms with Gasteiger partial charge >= 0.3 is 6.09 Å². The molecule has 1 fully saturated rings. The first-order chi connectivity index (χ1) is 9.65. The average Bonchev–Trinajstić information content (AvgIpc) is 3.04. The van der Waals surface area contributed by atoms with Crippen LogP contribution in [0.5, 0.6) is 0 Å². The zero-order valence-electron chi connectivity index (χ0n) is 10.7. The minimum absolute atomic E-state index is 0.0227. The number of likely N-dealkylation sites (tertiary alicyclic amines) is 1. The molecule has 106 valence electrons. The van der Waals surface area contributed by atoms with Crippen LogP contribution in [0.15, 0.2) is 18.5 Å². The van der Waals surface area contributed by atoms with Gasteiger partial charge in [0, 0.05) is 19.3 Å². The lowest BCUT2D eigenvalue weighted by atomic mass is 10.2. The summed E-state index contributed by atoms with van der Waals surface area (Å²) in [6, 6.07) is 1.87. The molecule has 2 N–H and O–H groups in total. The molecule has 1 aliphatic heterocycles. The van der Waals surface area contributed by atoms with Gasteiger partial charge in [-0.3, -0.25) is 0 Å². The Hall–Kier alpha value is -1.58. The van der Waals surface area contributed by atoms with E-state index in [4.69, 9.17) is 5.11 Å². The van der Waals surface area contributed by atoms with Gasteiger partial charge in [0.15, 0.2) is 5.65 Å². The standard InChI is InChI=1S/C12H14IN5O2/c13-9-7-15-18-5-3-10(16-11(9)18)14-6-8-2-1-4-17(8)12(19)20/h3,5,7-8H,1-2,4,6H2,(H,14,16)(H,19,20). The van der Waals surface area contributed by atoms with Gasteiger partial charge in [0.05, 0.1) is 15.8 Å². The van der Waals surface area contributed by atoms with E-state index in [2.05, 4.69) is 38.0 Å². The fraction of sp³-hybridized carbons (Fsp3) is 0.417. The van der Waals surface area contributed by atoms with Crippen molar-refractivity contribution in [3.05, 3.63) is 22.0 Å². The Morgan fingerprint density at radius 3 is 3.25 bits per heavy atom. The Labute approximate surface area is 129 Å². The molecule has 2 aromatic heterocycles.